The highest BCUT2D eigenvalue weighted by Gasteiger charge is 2.03. The number of carbonyl (C=O) groups excluding carboxylic acids is 1. The molecule has 0 saturated carbocycles. The number of imidazole rings is 1. The fourth-order valence-corrected chi connectivity index (χ4v) is 2.67. The summed E-state index contributed by atoms with van der Waals surface area (Å²) in [5.74, 6) is 0.972. The van der Waals surface area contributed by atoms with Gasteiger partial charge in [-0.05, 0) is 36.6 Å². The monoisotopic (exact) mass is 319 g/mol. The van der Waals surface area contributed by atoms with Gasteiger partial charge >= 0.3 is 0 Å². The van der Waals surface area contributed by atoms with E-state index in [1.54, 1.807) is 6.08 Å². The van der Waals surface area contributed by atoms with Crippen molar-refractivity contribution in [3.05, 3.63) is 78.4 Å². The summed E-state index contributed by atoms with van der Waals surface area (Å²) in [5, 5.41) is 2.94. The molecule has 2 aromatic heterocycles. The average Bonchev–Trinajstić information content (AvgIpc) is 3.03. The number of benzene rings is 1. The molecule has 1 N–H and O–H groups in total. The molecule has 4 heteroatoms. The lowest BCUT2D eigenvalue weighted by Gasteiger charge is -2.04. The molecule has 0 fully saturated rings. The highest BCUT2D eigenvalue weighted by molar-refractivity contribution is 5.94. The van der Waals surface area contributed by atoms with Crippen LogP contribution in [0.3, 0.4) is 0 Å². The number of hydrogen-bond acceptors (Lipinski definition) is 2. The van der Waals surface area contributed by atoms with Gasteiger partial charge in [-0.2, -0.15) is 0 Å². The summed E-state index contributed by atoms with van der Waals surface area (Å²) in [6.45, 7) is 2.59. The van der Waals surface area contributed by atoms with E-state index < -0.39 is 0 Å². The van der Waals surface area contributed by atoms with Gasteiger partial charge in [-0.15, -0.1) is 0 Å². The third-order valence-electron chi connectivity index (χ3n) is 3.97. The normalized spacial score (nSPS) is 11.6. The molecule has 1 aromatic carbocycles. The zero-order valence-electron chi connectivity index (χ0n) is 13.8. The number of nitrogens with one attached hydrogen (secondary N) is 1. The van der Waals surface area contributed by atoms with Gasteiger partial charge < -0.3 is 9.72 Å². The van der Waals surface area contributed by atoms with Gasteiger partial charge in [0.15, 0.2) is 0 Å². The van der Waals surface area contributed by atoms with Gasteiger partial charge in [0.05, 0.1) is 11.7 Å². The number of fused-ring (bicyclic) bond motifs is 1. The molecule has 0 bridgehead atoms. The van der Waals surface area contributed by atoms with Crippen LogP contribution in [0.4, 0.5) is 0 Å². The maximum Gasteiger partial charge on any atom is 0.244 e. The van der Waals surface area contributed by atoms with Crippen LogP contribution in [0.2, 0.25) is 0 Å². The van der Waals surface area contributed by atoms with Gasteiger partial charge in [-0.3, -0.25) is 4.79 Å². The summed E-state index contributed by atoms with van der Waals surface area (Å²) in [6, 6.07) is 16.0. The minimum absolute atomic E-state index is 0.0515. The fraction of sp³-hybridized carbons (Fsp3) is 0.200. The lowest BCUT2D eigenvalue weighted by atomic mass is 10.1. The number of hydrogen-bond donors (Lipinski definition) is 1. The number of pyridine rings is 1. The summed E-state index contributed by atoms with van der Waals surface area (Å²) in [5.41, 5.74) is 3.13. The van der Waals surface area contributed by atoms with Crippen molar-refractivity contribution < 1.29 is 4.79 Å². The highest BCUT2D eigenvalue weighted by atomic mass is 16.1. The van der Waals surface area contributed by atoms with Crippen molar-refractivity contribution in [2.45, 2.75) is 19.8 Å². The molecule has 3 aromatic rings. The van der Waals surface area contributed by atoms with Crippen LogP contribution in [-0.2, 0) is 11.2 Å². The Hall–Kier alpha value is -2.88. The number of rotatable bonds is 6. The molecule has 122 valence electrons. The maximum atomic E-state index is 12.0. The van der Waals surface area contributed by atoms with E-state index in [4.69, 9.17) is 0 Å². The van der Waals surface area contributed by atoms with Crippen molar-refractivity contribution in [3.63, 3.8) is 0 Å². The van der Waals surface area contributed by atoms with Gasteiger partial charge in [-0.25, -0.2) is 4.98 Å². The predicted octanol–water partition coefficient (Wildman–Crippen LogP) is 3.49. The fourth-order valence-electron chi connectivity index (χ4n) is 2.67. The molecule has 0 unspecified atom stereocenters. The van der Waals surface area contributed by atoms with Crippen LogP contribution in [0, 0.1) is 0 Å². The van der Waals surface area contributed by atoms with Crippen molar-refractivity contribution in [1.29, 1.82) is 0 Å². The van der Waals surface area contributed by atoms with Crippen molar-refractivity contribution in [3.8, 4) is 0 Å². The summed E-state index contributed by atoms with van der Waals surface area (Å²) < 4.78 is 2.08. The van der Waals surface area contributed by atoms with Crippen LogP contribution in [0.25, 0.3) is 11.1 Å². The average molecular weight is 319 g/mol. The Bertz CT molecular complexity index is 849. The topological polar surface area (TPSA) is 46.4 Å². The molecule has 1 amide bonds. The summed E-state index contributed by atoms with van der Waals surface area (Å²) in [6.07, 6.45) is 7.24. The van der Waals surface area contributed by atoms with E-state index in [-0.39, 0.29) is 5.91 Å². The first-order chi connectivity index (χ1) is 11.7. The van der Waals surface area contributed by atoms with Gasteiger partial charge in [0.2, 0.25) is 5.91 Å². The second-order valence-corrected chi connectivity index (χ2v) is 5.76. The molecule has 0 aliphatic rings. The summed E-state index contributed by atoms with van der Waals surface area (Å²) in [4.78, 5) is 16.4. The zero-order valence-corrected chi connectivity index (χ0v) is 13.8. The van der Waals surface area contributed by atoms with Gasteiger partial charge in [0, 0.05) is 25.2 Å². The third-order valence-corrected chi connectivity index (χ3v) is 3.97. The molecule has 0 spiro atoms. The third kappa shape index (κ3) is 3.90. The minimum atomic E-state index is -0.0515. The van der Waals surface area contributed by atoms with Crippen molar-refractivity contribution in [2.24, 2.45) is 0 Å². The Kier molecular flexibility index (Phi) is 5.06. The molecule has 0 atom stereocenters. The van der Waals surface area contributed by atoms with Crippen LogP contribution in [0.15, 0.2) is 67.0 Å². The number of amides is 1. The predicted molar refractivity (Wildman–Crippen MR) is 96.6 cm³/mol. The lowest BCUT2D eigenvalue weighted by molar-refractivity contribution is -0.116. The first kappa shape index (κ1) is 16.0. The smallest absolute Gasteiger partial charge is 0.244 e. The Balaban J connectivity index is 1.49. The first-order valence-electron chi connectivity index (χ1n) is 8.16. The standard InChI is InChI=1S/C20H21N3O/c1-16(17-8-3-2-4-9-17)14-20(24)21-12-7-11-19-22-15-18-10-5-6-13-23(18)19/h2-6,8-10,13-15H,7,11-12H2,1H3,(H,21,24)/b16-14+. The van der Waals surface area contributed by atoms with Crippen molar-refractivity contribution >= 4 is 17.0 Å². The Morgan fingerprint density at radius 3 is 2.79 bits per heavy atom. The number of carbonyl (C=O) groups is 1. The lowest BCUT2D eigenvalue weighted by Crippen LogP contribution is -2.23. The van der Waals surface area contributed by atoms with Crippen molar-refractivity contribution in [2.75, 3.05) is 6.54 Å². The minimum Gasteiger partial charge on any atom is -0.353 e. The summed E-state index contributed by atoms with van der Waals surface area (Å²) >= 11 is 0. The largest absolute Gasteiger partial charge is 0.353 e. The first-order valence-corrected chi connectivity index (χ1v) is 8.16. The molecule has 0 aliphatic heterocycles. The second-order valence-electron chi connectivity index (χ2n) is 5.76. The van der Waals surface area contributed by atoms with E-state index in [2.05, 4.69) is 14.7 Å². The molecular weight excluding hydrogens is 298 g/mol. The van der Waals surface area contributed by atoms with Gasteiger partial charge in [0.25, 0.3) is 0 Å². The molecule has 4 nitrogen and oxygen atoms in total. The van der Waals surface area contributed by atoms with Crippen LogP contribution >= 0.6 is 0 Å². The van der Waals surface area contributed by atoms with Gasteiger partial charge in [-0.1, -0.05) is 36.4 Å². The van der Waals surface area contributed by atoms with E-state index in [1.165, 1.54) is 0 Å². The number of nitrogens with zero attached hydrogens (tertiary/aromatic N) is 2. The molecule has 0 aliphatic carbocycles. The molecule has 0 saturated heterocycles. The Morgan fingerprint density at radius 1 is 1.17 bits per heavy atom. The zero-order chi connectivity index (χ0) is 16.8. The second kappa shape index (κ2) is 7.59. The maximum absolute atomic E-state index is 12.0. The van der Waals surface area contributed by atoms with Crippen LogP contribution in [0.1, 0.15) is 24.7 Å². The van der Waals surface area contributed by atoms with E-state index >= 15 is 0 Å². The van der Waals surface area contributed by atoms with E-state index in [0.29, 0.717) is 6.54 Å². The van der Waals surface area contributed by atoms with Crippen molar-refractivity contribution in [1.82, 2.24) is 14.7 Å². The van der Waals surface area contributed by atoms with Crippen LogP contribution in [0.5, 0.6) is 0 Å². The molecule has 24 heavy (non-hydrogen) atoms. The molecule has 0 radical (unpaired) electrons. The number of aryl methyl sites for hydroxylation is 1. The van der Waals surface area contributed by atoms with Crippen LogP contribution < -0.4 is 5.32 Å². The summed E-state index contributed by atoms with van der Waals surface area (Å²) in [7, 11) is 0. The van der Waals surface area contributed by atoms with E-state index in [0.717, 1.165) is 35.3 Å². The van der Waals surface area contributed by atoms with E-state index in [9.17, 15) is 4.79 Å². The highest BCUT2D eigenvalue weighted by Crippen LogP contribution is 2.12. The Labute approximate surface area is 141 Å². The quantitative estimate of drug-likeness (QED) is 0.558. The molecular formula is C20H21N3O. The van der Waals surface area contributed by atoms with E-state index in [1.807, 2.05) is 67.8 Å². The SMILES string of the molecule is C/C(=C\C(=O)NCCCc1ncc2ccccn12)c1ccccc1. The number of aromatic nitrogens is 2. The van der Waals surface area contributed by atoms with Crippen LogP contribution in [-0.4, -0.2) is 21.8 Å². The number of allylic oxidation sites excluding steroid dienone is 1. The molecule has 3 rings (SSSR count). The van der Waals surface area contributed by atoms with Gasteiger partial charge in [0.1, 0.15) is 5.82 Å². The molecule has 2 heterocycles. The Morgan fingerprint density at radius 2 is 1.96 bits per heavy atom.